The van der Waals surface area contributed by atoms with Gasteiger partial charge in [-0.3, -0.25) is 15.0 Å². The summed E-state index contributed by atoms with van der Waals surface area (Å²) in [5.41, 5.74) is 0. The first-order valence-corrected chi connectivity index (χ1v) is 9.72. The van der Waals surface area contributed by atoms with E-state index in [2.05, 4.69) is 27.3 Å². The van der Waals surface area contributed by atoms with Gasteiger partial charge in [0.15, 0.2) is 0 Å². The maximum Gasteiger partial charge on any atom is 0.323 e. The molecule has 2 saturated heterocycles. The summed E-state index contributed by atoms with van der Waals surface area (Å²) in [6, 6.07) is 0.204. The number of piperidine rings is 1. The highest BCUT2D eigenvalue weighted by Gasteiger charge is 2.27. The molecule has 3 rings (SSSR count). The first-order valence-electron chi connectivity index (χ1n) is 8.91. The molecule has 1 unspecified atom stereocenters. The van der Waals surface area contributed by atoms with Crippen LogP contribution in [0.2, 0.25) is 0 Å². The van der Waals surface area contributed by atoms with Crippen LogP contribution in [-0.2, 0) is 4.79 Å². The van der Waals surface area contributed by atoms with Crippen molar-refractivity contribution in [3.8, 4) is 0 Å². The molecule has 8 nitrogen and oxygen atoms in total. The van der Waals surface area contributed by atoms with Gasteiger partial charge in [0.1, 0.15) is 5.01 Å². The van der Waals surface area contributed by atoms with E-state index >= 15 is 0 Å². The normalized spacial score (nSPS) is 22.1. The summed E-state index contributed by atoms with van der Waals surface area (Å²) in [5.74, 6) is 0.217. The molecule has 9 heteroatoms. The molecule has 0 radical (unpaired) electrons. The Kier molecular flexibility index (Phi) is 5.85. The standard InChI is InChI=1S/C16H26N6O2S/c1-12-5-3-4-6-22(12)14(23)11-20-7-9-21(10-8-20)16(24)17-15-19-18-13(2)25-15/h12H,3-11H2,1-2H3,(H,17,19,24). The molecule has 0 saturated carbocycles. The molecule has 0 spiro atoms. The Bertz CT molecular complexity index is 614. The molecule has 3 heterocycles. The third-order valence-corrected chi connectivity index (χ3v) is 5.64. The Labute approximate surface area is 152 Å². The van der Waals surface area contributed by atoms with Crippen molar-refractivity contribution in [2.75, 3.05) is 44.6 Å². The van der Waals surface area contributed by atoms with E-state index in [4.69, 9.17) is 0 Å². The van der Waals surface area contributed by atoms with Crippen LogP contribution in [0.15, 0.2) is 0 Å². The third-order valence-electron chi connectivity index (χ3n) is 4.88. The van der Waals surface area contributed by atoms with Gasteiger partial charge in [-0.25, -0.2) is 4.79 Å². The second-order valence-electron chi connectivity index (χ2n) is 6.75. The predicted molar refractivity (Wildman–Crippen MR) is 96.7 cm³/mol. The smallest absolute Gasteiger partial charge is 0.323 e. The Balaban J connectivity index is 1.43. The maximum absolute atomic E-state index is 12.5. The van der Waals surface area contributed by atoms with Crippen LogP contribution in [0.25, 0.3) is 0 Å². The number of hydrogen-bond acceptors (Lipinski definition) is 6. The van der Waals surface area contributed by atoms with E-state index in [1.807, 2.05) is 11.8 Å². The summed E-state index contributed by atoms with van der Waals surface area (Å²) in [6.07, 6.45) is 3.42. The number of rotatable bonds is 3. The number of likely N-dealkylation sites (tertiary alicyclic amines) is 1. The lowest BCUT2D eigenvalue weighted by Gasteiger charge is -2.37. The number of aryl methyl sites for hydroxylation is 1. The molecule has 1 atom stereocenters. The van der Waals surface area contributed by atoms with Gasteiger partial charge < -0.3 is 9.80 Å². The van der Waals surface area contributed by atoms with E-state index < -0.39 is 0 Å². The minimum Gasteiger partial charge on any atom is -0.339 e. The number of amides is 3. The quantitative estimate of drug-likeness (QED) is 0.874. The number of piperazine rings is 1. The third kappa shape index (κ3) is 4.66. The monoisotopic (exact) mass is 366 g/mol. The molecule has 0 aromatic carbocycles. The Hall–Kier alpha value is -1.74. The maximum atomic E-state index is 12.5. The number of hydrogen-bond donors (Lipinski definition) is 1. The highest BCUT2D eigenvalue weighted by atomic mass is 32.1. The van der Waals surface area contributed by atoms with E-state index in [-0.39, 0.29) is 11.9 Å². The molecule has 138 valence electrons. The fourth-order valence-electron chi connectivity index (χ4n) is 3.38. The number of nitrogens with zero attached hydrogens (tertiary/aromatic N) is 5. The van der Waals surface area contributed by atoms with Crippen LogP contribution in [0.5, 0.6) is 0 Å². The molecule has 1 aromatic heterocycles. The van der Waals surface area contributed by atoms with Crippen molar-refractivity contribution in [3.63, 3.8) is 0 Å². The number of carbonyl (C=O) groups excluding carboxylic acids is 2. The van der Waals surface area contributed by atoms with E-state index in [0.29, 0.717) is 30.8 Å². The Morgan fingerprint density at radius 2 is 1.92 bits per heavy atom. The number of nitrogens with one attached hydrogen (secondary N) is 1. The zero-order valence-corrected chi connectivity index (χ0v) is 15.7. The first-order chi connectivity index (χ1) is 12.0. The van der Waals surface area contributed by atoms with E-state index in [1.54, 1.807) is 4.90 Å². The molecular weight excluding hydrogens is 340 g/mol. The van der Waals surface area contributed by atoms with Gasteiger partial charge in [0.05, 0.1) is 6.54 Å². The molecular formula is C16H26N6O2S. The second-order valence-corrected chi connectivity index (χ2v) is 7.93. The van der Waals surface area contributed by atoms with Crippen LogP contribution in [0, 0.1) is 6.92 Å². The number of aromatic nitrogens is 2. The van der Waals surface area contributed by atoms with Gasteiger partial charge >= 0.3 is 6.03 Å². The van der Waals surface area contributed by atoms with E-state index in [1.165, 1.54) is 17.8 Å². The summed E-state index contributed by atoms with van der Waals surface area (Å²) in [7, 11) is 0. The number of carbonyl (C=O) groups is 2. The fraction of sp³-hybridized carbons (Fsp3) is 0.750. The lowest BCUT2D eigenvalue weighted by atomic mass is 10.0. The average molecular weight is 366 g/mol. The van der Waals surface area contributed by atoms with Crippen LogP contribution < -0.4 is 5.32 Å². The summed E-state index contributed by atoms with van der Waals surface area (Å²) < 4.78 is 0. The van der Waals surface area contributed by atoms with Gasteiger partial charge in [0.2, 0.25) is 11.0 Å². The molecule has 1 aromatic rings. The molecule has 0 bridgehead atoms. The van der Waals surface area contributed by atoms with Crippen molar-refractivity contribution in [1.29, 1.82) is 0 Å². The zero-order chi connectivity index (χ0) is 17.8. The Morgan fingerprint density at radius 3 is 2.56 bits per heavy atom. The molecule has 1 N–H and O–H groups in total. The van der Waals surface area contributed by atoms with Crippen LogP contribution >= 0.6 is 11.3 Å². The Morgan fingerprint density at radius 1 is 1.16 bits per heavy atom. The van der Waals surface area contributed by atoms with Crippen molar-refractivity contribution < 1.29 is 9.59 Å². The van der Waals surface area contributed by atoms with Crippen molar-refractivity contribution in [1.82, 2.24) is 24.9 Å². The van der Waals surface area contributed by atoms with Crippen molar-refractivity contribution in [2.24, 2.45) is 0 Å². The minimum absolute atomic E-state index is 0.147. The highest BCUT2D eigenvalue weighted by Crippen LogP contribution is 2.17. The van der Waals surface area contributed by atoms with Gasteiger partial charge in [-0.2, -0.15) is 0 Å². The number of urea groups is 1. The summed E-state index contributed by atoms with van der Waals surface area (Å²) in [4.78, 5) is 30.7. The first kappa shape index (κ1) is 18.1. The number of anilines is 1. The molecule has 25 heavy (non-hydrogen) atoms. The van der Waals surface area contributed by atoms with Gasteiger partial charge in [0.25, 0.3) is 0 Å². The lowest BCUT2D eigenvalue weighted by molar-refractivity contribution is -0.136. The zero-order valence-electron chi connectivity index (χ0n) is 14.9. The average Bonchev–Trinajstić information content (AvgIpc) is 3.00. The minimum atomic E-state index is -0.147. The summed E-state index contributed by atoms with van der Waals surface area (Å²) in [6.45, 7) is 7.99. The highest BCUT2D eigenvalue weighted by molar-refractivity contribution is 7.15. The van der Waals surface area contributed by atoms with Gasteiger partial charge in [-0.15, -0.1) is 10.2 Å². The predicted octanol–water partition coefficient (Wildman–Crippen LogP) is 1.40. The van der Waals surface area contributed by atoms with E-state index in [0.717, 1.165) is 37.5 Å². The fourth-order valence-corrected chi connectivity index (χ4v) is 3.96. The summed E-state index contributed by atoms with van der Waals surface area (Å²) >= 11 is 1.36. The van der Waals surface area contributed by atoms with Crippen molar-refractivity contribution >= 4 is 28.4 Å². The SMILES string of the molecule is Cc1nnc(NC(=O)N2CCN(CC(=O)N3CCCCC3C)CC2)s1. The largest absolute Gasteiger partial charge is 0.339 e. The molecule has 2 aliphatic heterocycles. The second kappa shape index (κ2) is 8.09. The molecule has 3 amide bonds. The molecule has 2 aliphatic rings. The van der Waals surface area contributed by atoms with Gasteiger partial charge in [0, 0.05) is 38.8 Å². The van der Waals surface area contributed by atoms with Crippen LogP contribution in [0.4, 0.5) is 9.93 Å². The van der Waals surface area contributed by atoms with Crippen molar-refractivity contribution in [2.45, 2.75) is 39.2 Å². The lowest BCUT2D eigenvalue weighted by Crippen LogP contribution is -2.53. The van der Waals surface area contributed by atoms with Crippen LogP contribution in [-0.4, -0.2) is 82.1 Å². The molecule has 2 fully saturated rings. The topological polar surface area (TPSA) is 81.7 Å². The van der Waals surface area contributed by atoms with Gasteiger partial charge in [-0.1, -0.05) is 11.3 Å². The summed E-state index contributed by atoms with van der Waals surface area (Å²) in [5, 5.41) is 11.9. The van der Waals surface area contributed by atoms with E-state index in [9.17, 15) is 9.59 Å². The van der Waals surface area contributed by atoms with Crippen LogP contribution in [0.3, 0.4) is 0 Å². The van der Waals surface area contributed by atoms with Crippen molar-refractivity contribution in [3.05, 3.63) is 5.01 Å². The molecule has 0 aliphatic carbocycles. The van der Waals surface area contributed by atoms with Crippen LogP contribution in [0.1, 0.15) is 31.2 Å². The van der Waals surface area contributed by atoms with Gasteiger partial charge in [-0.05, 0) is 33.1 Å².